The maximum atomic E-state index is 11.1. The van der Waals surface area contributed by atoms with Crippen LogP contribution in [0.5, 0.6) is 0 Å². The maximum absolute atomic E-state index is 11.1. The summed E-state index contributed by atoms with van der Waals surface area (Å²) >= 11 is 0. The van der Waals surface area contributed by atoms with Gasteiger partial charge in [0.1, 0.15) is 0 Å². The van der Waals surface area contributed by atoms with Crippen LogP contribution >= 0.6 is 0 Å². The SMILES string of the molecule is CC(=O)c1ccc(NCCN2CCOCC2)cc1. The van der Waals surface area contributed by atoms with Crippen LogP contribution in [0.25, 0.3) is 0 Å². The molecular weight excluding hydrogens is 228 g/mol. The minimum atomic E-state index is 0.106. The van der Waals surface area contributed by atoms with Crippen molar-refractivity contribution in [2.75, 3.05) is 44.7 Å². The number of hydrogen-bond acceptors (Lipinski definition) is 4. The van der Waals surface area contributed by atoms with Gasteiger partial charge in [0.05, 0.1) is 13.2 Å². The summed E-state index contributed by atoms with van der Waals surface area (Å²) in [5, 5.41) is 3.36. The Hall–Kier alpha value is -1.39. The maximum Gasteiger partial charge on any atom is 0.159 e. The Morgan fingerprint density at radius 3 is 2.56 bits per heavy atom. The number of hydrogen-bond donors (Lipinski definition) is 1. The van der Waals surface area contributed by atoms with Crippen LogP contribution in [0.1, 0.15) is 17.3 Å². The standard InChI is InChI=1S/C14H20N2O2/c1-12(17)13-2-4-14(5-3-13)15-6-7-16-8-10-18-11-9-16/h2-5,15H,6-11H2,1H3. The molecule has 1 fully saturated rings. The molecule has 18 heavy (non-hydrogen) atoms. The van der Waals surface area contributed by atoms with Gasteiger partial charge in [0.15, 0.2) is 5.78 Å². The number of benzene rings is 1. The lowest BCUT2D eigenvalue weighted by Gasteiger charge is -2.26. The Bertz CT molecular complexity index is 383. The summed E-state index contributed by atoms with van der Waals surface area (Å²) in [4.78, 5) is 13.5. The Kier molecular flexibility index (Phi) is 4.73. The molecule has 0 aromatic heterocycles. The van der Waals surface area contributed by atoms with E-state index < -0.39 is 0 Å². The number of rotatable bonds is 5. The van der Waals surface area contributed by atoms with Crippen LogP contribution in [-0.4, -0.2) is 50.1 Å². The first-order valence-corrected chi connectivity index (χ1v) is 6.41. The monoisotopic (exact) mass is 248 g/mol. The van der Waals surface area contributed by atoms with E-state index in [-0.39, 0.29) is 5.78 Å². The highest BCUT2D eigenvalue weighted by atomic mass is 16.5. The third kappa shape index (κ3) is 3.82. The first-order valence-electron chi connectivity index (χ1n) is 6.41. The number of ketones is 1. The van der Waals surface area contributed by atoms with Crippen molar-refractivity contribution in [3.05, 3.63) is 29.8 Å². The van der Waals surface area contributed by atoms with Gasteiger partial charge in [0.25, 0.3) is 0 Å². The zero-order valence-electron chi connectivity index (χ0n) is 10.8. The van der Waals surface area contributed by atoms with Gasteiger partial charge in [-0.25, -0.2) is 0 Å². The Labute approximate surface area is 108 Å². The highest BCUT2D eigenvalue weighted by Gasteiger charge is 2.09. The van der Waals surface area contributed by atoms with Gasteiger partial charge in [-0.05, 0) is 31.2 Å². The molecule has 1 saturated heterocycles. The molecule has 1 aliphatic rings. The lowest BCUT2D eigenvalue weighted by atomic mass is 10.1. The molecule has 0 spiro atoms. The Balaban J connectivity index is 1.74. The number of nitrogens with zero attached hydrogens (tertiary/aromatic N) is 1. The molecular formula is C14H20N2O2. The molecule has 1 aromatic carbocycles. The van der Waals surface area contributed by atoms with E-state index >= 15 is 0 Å². The van der Waals surface area contributed by atoms with Gasteiger partial charge in [-0.3, -0.25) is 9.69 Å². The van der Waals surface area contributed by atoms with Gasteiger partial charge in [0, 0.05) is 37.4 Å². The zero-order valence-corrected chi connectivity index (χ0v) is 10.8. The zero-order chi connectivity index (χ0) is 12.8. The van der Waals surface area contributed by atoms with Gasteiger partial charge in [0.2, 0.25) is 0 Å². The molecule has 1 heterocycles. The Morgan fingerprint density at radius 1 is 1.28 bits per heavy atom. The van der Waals surface area contributed by atoms with Gasteiger partial charge in [-0.1, -0.05) is 0 Å². The fourth-order valence-electron chi connectivity index (χ4n) is 2.01. The molecule has 0 unspecified atom stereocenters. The molecule has 4 nitrogen and oxygen atoms in total. The second-order valence-electron chi connectivity index (χ2n) is 4.51. The molecule has 0 atom stereocenters. The number of ether oxygens (including phenoxy) is 1. The van der Waals surface area contributed by atoms with E-state index in [2.05, 4.69) is 10.2 Å². The van der Waals surface area contributed by atoms with Crippen LogP contribution in [0.2, 0.25) is 0 Å². The van der Waals surface area contributed by atoms with Crippen LogP contribution in [-0.2, 0) is 4.74 Å². The lowest BCUT2D eigenvalue weighted by molar-refractivity contribution is 0.0398. The lowest BCUT2D eigenvalue weighted by Crippen LogP contribution is -2.38. The summed E-state index contributed by atoms with van der Waals surface area (Å²) in [6.07, 6.45) is 0. The molecule has 0 amide bonds. The fraction of sp³-hybridized carbons (Fsp3) is 0.500. The smallest absolute Gasteiger partial charge is 0.159 e. The normalized spacial score (nSPS) is 16.5. The highest BCUT2D eigenvalue weighted by molar-refractivity contribution is 5.94. The number of carbonyl (C=O) groups is 1. The first-order chi connectivity index (χ1) is 8.75. The summed E-state index contributed by atoms with van der Waals surface area (Å²) in [6, 6.07) is 7.63. The van der Waals surface area contributed by atoms with E-state index in [0.717, 1.165) is 50.6 Å². The summed E-state index contributed by atoms with van der Waals surface area (Å²) in [6.45, 7) is 7.24. The van der Waals surface area contributed by atoms with Crippen molar-refractivity contribution in [2.24, 2.45) is 0 Å². The average Bonchev–Trinajstić information content (AvgIpc) is 2.40. The second kappa shape index (κ2) is 6.52. The van der Waals surface area contributed by atoms with Crippen molar-refractivity contribution in [3.63, 3.8) is 0 Å². The van der Waals surface area contributed by atoms with E-state index in [1.807, 2.05) is 24.3 Å². The van der Waals surface area contributed by atoms with E-state index in [4.69, 9.17) is 4.74 Å². The second-order valence-corrected chi connectivity index (χ2v) is 4.51. The molecule has 98 valence electrons. The average molecular weight is 248 g/mol. The van der Waals surface area contributed by atoms with Crippen molar-refractivity contribution in [1.82, 2.24) is 4.90 Å². The van der Waals surface area contributed by atoms with E-state index in [1.54, 1.807) is 6.92 Å². The van der Waals surface area contributed by atoms with Crippen LogP contribution < -0.4 is 5.32 Å². The topological polar surface area (TPSA) is 41.6 Å². The molecule has 0 radical (unpaired) electrons. The predicted octanol–water partition coefficient (Wildman–Crippen LogP) is 1.63. The minimum Gasteiger partial charge on any atom is -0.384 e. The molecule has 4 heteroatoms. The predicted molar refractivity (Wildman–Crippen MR) is 72.2 cm³/mol. The van der Waals surface area contributed by atoms with Crippen molar-refractivity contribution >= 4 is 11.5 Å². The van der Waals surface area contributed by atoms with E-state index in [0.29, 0.717) is 0 Å². The van der Waals surface area contributed by atoms with Crippen molar-refractivity contribution in [2.45, 2.75) is 6.92 Å². The van der Waals surface area contributed by atoms with Crippen LogP contribution in [0.15, 0.2) is 24.3 Å². The Morgan fingerprint density at radius 2 is 1.94 bits per heavy atom. The molecule has 1 aliphatic heterocycles. The van der Waals surface area contributed by atoms with Crippen LogP contribution in [0, 0.1) is 0 Å². The molecule has 0 bridgehead atoms. The van der Waals surface area contributed by atoms with Crippen molar-refractivity contribution in [1.29, 1.82) is 0 Å². The number of morpholine rings is 1. The van der Waals surface area contributed by atoms with Crippen LogP contribution in [0.4, 0.5) is 5.69 Å². The minimum absolute atomic E-state index is 0.106. The molecule has 0 aliphatic carbocycles. The van der Waals surface area contributed by atoms with Gasteiger partial charge >= 0.3 is 0 Å². The number of anilines is 1. The summed E-state index contributed by atoms with van der Waals surface area (Å²) in [5.41, 5.74) is 1.82. The first kappa shape index (κ1) is 13.1. The highest BCUT2D eigenvalue weighted by Crippen LogP contribution is 2.09. The fourth-order valence-corrected chi connectivity index (χ4v) is 2.01. The summed E-state index contributed by atoms with van der Waals surface area (Å²) < 4.78 is 5.31. The third-order valence-electron chi connectivity index (χ3n) is 3.15. The summed E-state index contributed by atoms with van der Waals surface area (Å²) in [5.74, 6) is 0.106. The van der Waals surface area contributed by atoms with E-state index in [9.17, 15) is 4.79 Å². The third-order valence-corrected chi connectivity index (χ3v) is 3.15. The van der Waals surface area contributed by atoms with Gasteiger partial charge in [-0.15, -0.1) is 0 Å². The van der Waals surface area contributed by atoms with Crippen molar-refractivity contribution in [3.8, 4) is 0 Å². The molecule has 1 aromatic rings. The van der Waals surface area contributed by atoms with Crippen molar-refractivity contribution < 1.29 is 9.53 Å². The molecule has 0 saturated carbocycles. The summed E-state index contributed by atoms with van der Waals surface area (Å²) in [7, 11) is 0. The number of carbonyl (C=O) groups excluding carboxylic acids is 1. The van der Waals surface area contributed by atoms with Crippen LogP contribution in [0.3, 0.4) is 0 Å². The number of nitrogens with one attached hydrogen (secondary N) is 1. The molecule has 1 N–H and O–H groups in total. The molecule has 2 rings (SSSR count). The van der Waals surface area contributed by atoms with Gasteiger partial charge in [-0.2, -0.15) is 0 Å². The van der Waals surface area contributed by atoms with E-state index in [1.165, 1.54) is 0 Å². The van der Waals surface area contributed by atoms with Gasteiger partial charge < -0.3 is 10.1 Å². The number of Topliss-reactive ketones (excluding diaryl/α,β-unsaturated/α-hetero) is 1. The largest absolute Gasteiger partial charge is 0.384 e. The quantitative estimate of drug-likeness (QED) is 0.804.